The Bertz CT molecular complexity index is 317. The van der Waals surface area contributed by atoms with Crippen molar-refractivity contribution in [2.24, 2.45) is 0 Å². The van der Waals surface area contributed by atoms with Gasteiger partial charge in [0.2, 0.25) is 0 Å². The summed E-state index contributed by atoms with van der Waals surface area (Å²) in [6, 6.07) is 0. The largest absolute Gasteiger partial charge is 0.392 e. The Hall–Kier alpha value is -0.740. The van der Waals surface area contributed by atoms with E-state index in [-0.39, 0.29) is 22.9 Å². The molecule has 1 rings (SSSR count). The zero-order valence-electron chi connectivity index (χ0n) is 6.89. The van der Waals surface area contributed by atoms with Gasteiger partial charge in [0, 0.05) is 11.8 Å². The first-order chi connectivity index (χ1) is 6.07. The fourth-order valence-electron chi connectivity index (χ4n) is 0.984. The number of hydrogen-bond donors (Lipinski definition) is 1. The van der Waals surface area contributed by atoms with Crippen LogP contribution in [0.2, 0.25) is 5.02 Å². The lowest BCUT2D eigenvalue weighted by molar-refractivity contribution is 0.145. The average Bonchev–Trinajstić information content (AvgIpc) is 2.09. The molecule has 0 saturated heterocycles. The van der Waals surface area contributed by atoms with E-state index in [1.807, 2.05) is 0 Å². The van der Waals surface area contributed by atoms with Crippen LogP contribution in [0.25, 0.3) is 0 Å². The predicted molar refractivity (Wildman–Crippen MR) is 44.9 cm³/mol. The summed E-state index contributed by atoms with van der Waals surface area (Å²) in [4.78, 5) is 3.51. The lowest BCUT2D eigenvalue weighted by Gasteiger charge is -2.08. The number of halogens is 3. The minimum Gasteiger partial charge on any atom is -0.392 e. The van der Waals surface area contributed by atoms with Gasteiger partial charge in [-0.05, 0) is 12.5 Å². The van der Waals surface area contributed by atoms with Crippen LogP contribution in [0.15, 0.2) is 6.20 Å². The van der Waals surface area contributed by atoms with Crippen LogP contribution in [0.1, 0.15) is 23.2 Å². The molecule has 1 aromatic heterocycles. The molecule has 0 aliphatic heterocycles. The van der Waals surface area contributed by atoms with Gasteiger partial charge in [-0.1, -0.05) is 11.6 Å². The second-order valence-electron chi connectivity index (χ2n) is 2.57. The molecule has 2 nitrogen and oxygen atoms in total. The first-order valence-electron chi connectivity index (χ1n) is 3.60. The summed E-state index contributed by atoms with van der Waals surface area (Å²) in [6.45, 7) is 1.16. The molecule has 0 amide bonds. The molecule has 5 heteroatoms. The van der Waals surface area contributed by atoms with Crippen molar-refractivity contribution in [1.29, 1.82) is 0 Å². The maximum Gasteiger partial charge on any atom is 0.280 e. The van der Waals surface area contributed by atoms with Crippen molar-refractivity contribution in [1.82, 2.24) is 4.98 Å². The molecule has 1 heterocycles. The van der Waals surface area contributed by atoms with E-state index in [1.54, 1.807) is 0 Å². The van der Waals surface area contributed by atoms with Gasteiger partial charge in [-0.15, -0.1) is 0 Å². The minimum absolute atomic E-state index is 0.160. The Morgan fingerprint density at radius 2 is 2.23 bits per heavy atom. The third-order valence-corrected chi connectivity index (χ3v) is 2.26. The van der Waals surface area contributed by atoms with Gasteiger partial charge in [0.15, 0.2) is 0 Å². The highest BCUT2D eigenvalue weighted by Crippen LogP contribution is 2.27. The third-order valence-electron chi connectivity index (χ3n) is 1.73. The van der Waals surface area contributed by atoms with Crippen molar-refractivity contribution in [2.75, 3.05) is 0 Å². The standard InChI is InChI=1S/C8H8ClF2NO/c1-4-6(9)5(3-13)2-12-7(4)8(10)11/h2,8,13H,3H2,1H3. The second-order valence-corrected chi connectivity index (χ2v) is 2.94. The molecule has 0 bridgehead atoms. The summed E-state index contributed by atoms with van der Waals surface area (Å²) in [5.41, 5.74) is 0.258. The Kier molecular flexibility index (Phi) is 3.17. The molecule has 72 valence electrons. The summed E-state index contributed by atoms with van der Waals surface area (Å²) in [6.07, 6.45) is -1.47. The van der Waals surface area contributed by atoms with Gasteiger partial charge in [-0.3, -0.25) is 4.98 Å². The first kappa shape index (κ1) is 10.3. The van der Waals surface area contributed by atoms with Gasteiger partial charge in [0.1, 0.15) is 5.69 Å². The summed E-state index contributed by atoms with van der Waals surface area (Å²) in [7, 11) is 0. The van der Waals surface area contributed by atoms with E-state index in [0.717, 1.165) is 6.20 Å². The fraction of sp³-hybridized carbons (Fsp3) is 0.375. The molecule has 0 fully saturated rings. The quantitative estimate of drug-likeness (QED) is 0.808. The van der Waals surface area contributed by atoms with E-state index in [2.05, 4.69) is 4.98 Å². The highest BCUT2D eigenvalue weighted by Gasteiger charge is 2.16. The van der Waals surface area contributed by atoms with E-state index >= 15 is 0 Å². The topological polar surface area (TPSA) is 33.1 Å². The Labute approximate surface area is 79.2 Å². The van der Waals surface area contributed by atoms with Crippen molar-refractivity contribution >= 4 is 11.6 Å². The van der Waals surface area contributed by atoms with Crippen LogP contribution in [0.3, 0.4) is 0 Å². The van der Waals surface area contributed by atoms with Crippen LogP contribution in [0.4, 0.5) is 8.78 Å². The zero-order chi connectivity index (χ0) is 10.0. The van der Waals surface area contributed by atoms with E-state index in [4.69, 9.17) is 16.7 Å². The van der Waals surface area contributed by atoms with Crippen LogP contribution in [0.5, 0.6) is 0 Å². The lowest BCUT2D eigenvalue weighted by atomic mass is 10.1. The second kappa shape index (κ2) is 3.98. The summed E-state index contributed by atoms with van der Waals surface area (Å²) < 4.78 is 24.5. The fourth-order valence-corrected chi connectivity index (χ4v) is 1.19. The Morgan fingerprint density at radius 1 is 1.62 bits per heavy atom. The van der Waals surface area contributed by atoms with Gasteiger partial charge >= 0.3 is 0 Å². The smallest absolute Gasteiger partial charge is 0.280 e. The van der Waals surface area contributed by atoms with E-state index < -0.39 is 6.43 Å². The van der Waals surface area contributed by atoms with Crippen molar-refractivity contribution < 1.29 is 13.9 Å². The number of pyridine rings is 1. The SMILES string of the molecule is Cc1c(C(F)F)ncc(CO)c1Cl. The van der Waals surface area contributed by atoms with Crippen LogP contribution in [-0.2, 0) is 6.61 Å². The van der Waals surface area contributed by atoms with Crippen LogP contribution < -0.4 is 0 Å². The highest BCUT2D eigenvalue weighted by atomic mass is 35.5. The molecule has 0 aliphatic rings. The summed E-state index contributed by atoms with van der Waals surface area (Å²) >= 11 is 5.71. The molecule has 0 aromatic carbocycles. The number of aromatic nitrogens is 1. The molecular formula is C8H8ClF2NO. The van der Waals surface area contributed by atoms with E-state index in [9.17, 15) is 8.78 Å². The minimum atomic E-state index is -2.63. The van der Waals surface area contributed by atoms with Crippen molar-refractivity contribution in [3.8, 4) is 0 Å². The molecule has 0 unspecified atom stereocenters. The normalized spacial score (nSPS) is 10.9. The van der Waals surface area contributed by atoms with Gasteiger partial charge in [0.05, 0.1) is 11.6 Å². The molecular weight excluding hydrogens is 200 g/mol. The van der Waals surface area contributed by atoms with Crippen LogP contribution in [-0.4, -0.2) is 10.1 Å². The van der Waals surface area contributed by atoms with Gasteiger partial charge in [-0.2, -0.15) is 0 Å². The van der Waals surface area contributed by atoms with Gasteiger partial charge < -0.3 is 5.11 Å². The number of hydrogen-bond acceptors (Lipinski definition) is 2. The lowest BCUT2D eigenvalue weighted by Crippen LogP contribution is -1.98. The average molecular weight is 208 g/mol. The summed E-state index contributed by atoms with van der Waals surface area (Å²) in [5.74, 6) is 0. The predicted octanol–water partition coefficient (Wildman–Crippen LogP) is 2.47. The van der Waals surface area contributed by atoms with Crippen molar-refractivity contribution in [3.63, 3.8) is 0 Å². The van der Waals surface area contributed by atoms with Gasteiger partial charge in [0.25, 0.3) is 6.43 Å². The third kappa shape index (κ3) is 1.95. The number of aliphatic hydroxyl groups is 1. The van der Waals surface area contributed by atoms with Crippen LogP contribution in [0, 0.1) is 6.92 Å². The molecule has 0 aliphatic carbocycles. The van der Waals surface area contributed by atoms with Gasteiger partial charge in [-0.25, -0.2) is 8.78 Å². The maximum absolute atomic E-state index is 12.3. The molecule has 1 aromatic rings. The highest BCUT2D eigenvalue weighted by molar-refractivity contribution is 6.32. The molecule has 0 saturated carbocycles. The molecule has 0 spiro atoms. The van der Waals surface area contributed by atoms with E-state index in [0.29, 0.717) is 5.56 Å². The molecule has 1 N–H and O–H groups in total. The first-order valence-corrected chi connectivity index (χ1v) is 3.98. The number of aliphatic hydroxyl groups excluding tert-OH is 1. The Balaban J connectivity index is 3.23. The number of nitrogens with zero attached hydrogens (tertiary/aromatic N) is 1. The molecule has 0 radical (unpaired) electrons. The number of alkyl halides is 2. The van der Waals surface area contributed by atoms with Crippen molar-refractivity contribution in [3.05, 3.63) is 28.0 Å². The monoisotopic (exact) mass is 207 g/mol. The van der Waals surface area contributed by atoms with Crippen molar-refractivity contribution in [2.45, 2.75) is 20.0 Å². The van der Waals surface area contributed by atoms with E-state index in [1.165, 1.54) is 6.92 Å². The molecule has 13 heavy (non-hydrogen) atoms. The maximum atomic E-state index is 12.3. The zero-order valence-corrected chi connectivity index (χ0v) is 7.65. The summed E-state index contributed by atoms with van der Waals surface area (Å²) in [5, 5.41) is 8.92. The Morgan fingerprint density at radius 3 is 2.69 bits per heavy atom. The number of rotatable bonds is 2. The van der Waals surface area contributed by atoms with Crippen LogP contribution >= 0.6 is 11.6 Å². The molecule has 0 atom stereocenters.